The molecule has 1 heteroatoms. The quantitative estimate of drug-likeness (QED) is 0.705. The van der Waals surface area contributed by atoms with Gasteiger partial charge >= 0.3 is 0 Å². The van der Waals surface area contributed by atoms with E-state index in [0.717, 1.165) is 41.0 Å². The highest BCUT2D eigenvalue weighted by Gasteiger charge is 2.60. The van der Waals surface area contributed by atoms with Gasteiger partial charge in [0.1, 0.15) is 0 Å². The molecule has 5 fully saturated rings. The smallest absolute Gasteiger partial charge is 0.0134 e. The van der Waals surface area contributed by atoms with E-state index in [1.807, 2.05) is 0 Å². The van der Waals surface area contributed by atoms with Gasteiger partial charge < -0.3 is 5.32 Å². The third-order valence-electron chi connectivity index (χ3n) is 9.20. The Bertz CT molecular complexity index is 396. The standard InChI is InChI=1S/C22H37N/c1-2-9-16(8-1)22(13-5-6-14-22)20-18-11-4-3-10-17(18)19-12-7-15-23-21(19)20/h16-21,23H,1-15H2. The average molecular weight is 316 g/mol. The molecule has 4 saturated carbocycles. The molecule has 1 nitrogen and oxygen atoms in total. The minimum Gasteiger partial charge on any atom is -0.313 e. The lowest BCUT2D eigenvalue weighted by atomic mass is 9.58. The summed E-state index contributed by atoms with van der Waals surface area (Å²) >= 11 is 0. The van der Waals surface area contributed by atoms with Gasteiger partial charge in [0.2, 0.25) is 0 Å². The summed E-state index contributed by atoms with van der Waals surface area (Å²) in [4.78, 5) is 0. The van der Waals surface area contributed by atoms with Gasteiger partial charge in [0.15, 0.2) is 0 Å². The van der Waals surface area contributed by atoms with E-state index in [1.165, 1.54) is 38.6 Å². The van der Waals surface area contributed by atoms with Gasteiger partial charge in [0, 0.05) is 6.04 Å². The summed E-state index contributed by atoms with van der Waals surface area (Å²) in [6.07, 6.45) is 21.7. The lowest BCUT2D eigenvalue weighted by molar-refractivity contribution is 0.0189. The number of hydrogen-bond acceptors (Lipinski definition) is 1. The fourth-order valence-corrected chi connectivity index (χ4v) is 8.57. The Balaban J connectivity index is 1.52. The molecule has 5 rings (SSSR count). The number of piperidine rings is 1. The van der Waals surface area contributed by atoms with E-state index in [0.29, 0.717) is 0 Å². The van der Waals surface area contributed by atoms with Crippen LogP contribution in [-0.4, -0.2) is 12.6 Å². The maximum absolute atomic E-state index is 4.11. The molecule has 1 saturated heterocycles. The van der Waals surface area contributed by atoms with Crippen LogP contribution >= 0.6 is 0 Å². The molecule has 23 heavy (non-hydrogen) atoms. The average Bonchev–Trinajstić information content (AvgIpc) is 3.33. The van der Waals surface area contributed by atoms with Gasteiger partial charge in [0.25, 0.3) is 0 Å². The van der Waals surface area contributed by atoms with E-state index in [9.17, 15) is 0 Å². The zero-order valence-corrected chi connectivity index (χ0v) is 15.1. The van der Waals surface area contributed by atoms with Crippen LogP contribution in [0.2, 0.25) is 0 Å². The highest BCUT2D eigenvalue weighted by molar-refractivity contribution is 5.11. The topological polar surface area (TPSA) is 12.0 Å². The molecule has 0 spiro atoms. The van der Waals surface area contributed by atoms with Crippen LogP contribution in [0, 0.1) is 35.0 Å². The Morgan fingerprint density at radius 3 is 2.04 bits per heavy atom. The molecular formula is C22H37N. The highest BCUT2D eigenvalue weighted by atomic mass is 15.0. The lowest BCUT2D eigenvalue weighted by Crippen LogP contribution is -2.50. The Hall–Kier alpha value is -0.0400. The van der Waals surface area contributed by atoms with Crippen LogP contribution < -0.4 is 5.32 Å². The molecule has 1 N–H and O–H groups in total. The molecule has 5 atom stereocenters. The van der Waals surface area contributed by atoms with Crippen LogP contribution in [0.1, 0.15) is 89.9 Å². The summed E-state index contributed by atoms with van der Waals surface area (Å²) in [6, 6.07) is 0.913. The number of fused-ring (bicyclic) bond motifs is 3. The van der Waals surface area contributed by atoms with Crippen molar-refractivity contribution in [2.45, 2.75) is 95.9 Å². The van der Waals surface area contributed by atoms with E-state index in [2.05, 4.69) is 5.32 Å². The highest BCUT2D eigenvalue weighted by Crippen LogP contribution is 2.65. The lowest BCUT2D eigenvalue weighted by Gasteiger charge is -2.48. The fraction of sp³-hybridized carbons (Fsp3) is 1.00. The number of rotatable bonds is 2. The van der Waals surface area contributed by atoms with Crippen LogP contribution in [0.4, 0.5) is 0 Å². The maximum Gasteiger partial charge on any atom is 0.0134 e. The van der Waals surface area contributed by atoms with Gasteiger partial charge in [-0.15, -0.1) is 0 Å². The van der Waals surface area contributed by atoms with Crippen molar-refractivity contribution in [1.29, 1.82) is 0 Å². The summed E-state index contributed by atoms with van der Waals surface area (Å²) in [7, 11) is 0. The third-order valence-corrected chi connectivity index (χ3v) is 9.20. The SMILES string of the molecule is C1CCC2C(C1)C1CCCNC1C2C1(C2CCCC2)CCCC1. The van der Waals surface area contributed by atoms with E-state index in [-0.39, 0.29) is 0 Å². The number of hydrogen-bond donors (Lipinski definition) is 1. The summed E-state index contributed by atoms with van der Waals surface area (Å²) < 4.78 is 0. The van der Waals surface area contributed by atoms with Crippen molar-refractivity contribution in [3.05, 3.63) is 0 Å². The molecule has 4 aliphatic carbocycles. The zero-order chi connectivity index (χ0) is 15.3. The van der Waals surface area contributed by atoms with Crippen molar-refractivity contribution in [3.8, 4) is 0 Å². The molecular weight excluding hydrogens is 278 g/mol. The van der Waals surface area contributed by atoms with Crippen LogP contribution in [-0.2, 0) is 0 Å². The summed E-state index contributed by atoms with van der Waals surface area (Å²) in [6.45, 7) is 1.32. The molecule has 5 unspecified atom stereocenters. The van der Waals surface area contributed by atoms with Crippen molar-refractivity contribution in [3.63, 3.8) is 0 Å². The predicted molar refractivity (Wildman–Crippen MR) is 96.3 cm³/mol. The van der Waals surface area contributed by atoms with Gasteiger partial charge in [0.05, 0.1) is 0 Å². The molecule has 0 aromatic rings. The molecule has 0 bridgehead atoms. The molecule has 0 aromatic carbocycles. The van der Waals surface area contributed by atoms with Gasteiger partial charge in [-0.25, -0.2) is 0 Å². The first-order valence-electron chi connectivity index (χ1n) is 11.1. The minimum absolute atomic E-state index is 0.764. The molecule has 0 aromatic heterocycles. The van der Waals surface area contributed by atoms with Gasteiger partial charge in [-0.2, -0.15) is 0 Å². The van der Waals surface area contributed by atoms with Crippen LogP contribution in [0.15, 0.2) is 0 Å². The molecule has 5 aliphatic rings. The second-order valence-electron chi connectivity index (χ2n) is 9.85. The zero-order valence-electron chi connectivity index (χ0n) is 15.1. The largest absolute Gasteiger partial charge is 0.313 e. The van der Waals surface area contributed by atoms with Crippen molar-refractivity contribution < 1.29 is 0 Å². The molecule has 1 heterocycles. The van der Waals surface area contributed by atoms with Crippen LogP contribution in [0.25, 0.3) is 0 Å². The van der Waals surface area contributed by atoms with E-state index < -0.39 is 0 Å². The summed E-state index contributed by atoms with van der Waals surface area (Å²) in [5.41, 5.74) is 0.764. The van der Waals surface area contributed by atoms with E-state index in [4.69, 9.17) is 0 Å². The van der Waals surface area contributed by atoms with Crippen molar-refractivity contribution in [1.82, 2.24) is 5.32 Å². The first-order chi connectivity index (χ1) is 11.4. The first-order valence-corrected chi connectivity index (χ1v) is 11.1. The summed E-state index contributed by atoms with van der Waals surface area (Å²) in [5.74, 6) is 5.41. The molecule has 1 aliphatic heterocycles. The van der Waals surface area contributed by atoms with Crippen LogP contribution in [0.5, 0.6) is 0 Å². The Morgan fingerprint density at radius 2 is 1.26 bits per heavy atom. The Labute approximate surface area is 143 Å². The van der Waals surface area contributed by atoms with Gasteiger partial charge in [-0.1, -0.05) is 38.5 Å². The Morgan fingerprint density at radius 1 is 0.609 bits per heavy atom. The predicted octanol–water partition coefficient (Wildman–Crippen LogP) is 5.54. The normalized spacial score (nSPS) is 46.7. The summed E-state index contributed by atoms with van der Waals surface area (Å²) in [5, 5.41) is 4.11. The number of nitrogens with one attached hydrogen (secondary N) is 1. The van der Waals surface area contributed by atoms with Crippen molar-refractivity contribution >= 4 is 0 Å². The Kier molecular flexibility index (Phi) is 4.00. The second kappa shape index (κ2) is 6.04. The van der Waals surface area contributed by atoms with Gasteiger partial charge in [-0.3, -0.25) is 0 Å². The third kappa shape index (κ3) is 2.28. The monoisotopic (exact) mass is 315 g/mol. The minimum atomic E-state index is 0.764. The fourth-order valence-electron chi connectivity index (χ4n) is 8.57. The van der Waals surface area contributed by atoms with E-state index in [1.54, 1.807) is 57.8 Å². The molecule has 0 amide bonds. The van der Waals surface area contributed by atoms with Crippen molar-refractivity contribution in [2.24, 2.45) is 35.0 Å². The second-order valence-corrected chi connectivity index (χ2v) is 9.85. The van der Waals surface area contributed by atoms with Crippen molar-refractivity contribution in [2.75, 3.05) is 6.54 Å². The van der Waals surface area contributed by atoms with E-state index >= 15 is 0 Å². The molecule has 130 valence electrons. The van der Waals surface area contributed by atoms with Gasteiger partial charge in [-0.05, 0) is 92.9 Å². The van der Waals surface area contributed by atoms with Crippen LogP contribution in [0.3, 0.4) is 0 Å². The maximum atomic E-state index is 4.11. The first kappa shape index (κ1) is 15.2. The molecule has 0 radical (unpaired) electrons.